The van der Waals surface area contributed by atoms with Crippen molar-refractivity contribution in [2.24, 2.45) is 11.8 Å². The molecule has 2 unspecified atom stereocenters. The van der Waals surface area contributed by atoms with Gasteiger partial charge in [-0.1, -0.05) is 19.1 Å². The summed E-state index contributed by atoms with van der Waals surface area (Å²) in [7, 11) is 0. The Morgan fingerprint density at radius 2 is 2.12 bits per heavy atom. The van der Waals surface area contributed by atoms with Crippen LogP contribution >= 0.6 is 0 Å². The van der Waals surface area contributed by atoms with Crippen molar-refractivity contribution in [1.82, 2.24) is 10.2 Å². The van der Waals surface area contributed by atoms with Crippen LogP contribution in [0.15, 0.2) is 12.2 Å². The number of hydrogen-bond donors (Lipinski definition) is 1. The summed E-state index contributed by atoms with van der Waals surface area (Å²) >= 11 is 0. The van der Waals surface area contributed by atoms with Gasteiger partial charge < -0.3 is 10.2 Å². The highest BCUT2D eigenvalue weighted by molar-refractivity contribution is 4.90. The molecule has 98 valence electrons. The van der Waals surface area contributed by atoms with Gasteiger partial charge in [0.15, 0.2) is 0 Å². The lowest BCUT2D eigenvalue weighted by Crippen LogP contribution is -2.33. The Morgan fingerprint density at radius 1 is 1.29 bits per heavy atom. The zero-order valence-electron chi connectivity index (χ0n) is 11.3. The minimum Gasteiger partial charge on any atom is -0.316 e. The molecule has 0 aromatic rings. The van der Waals surface area contributed by atoms with Crippen molar-refractivity contribution in [3.8, 4) is 0 Å². The molecule has 2 nitrogen and oxygen atoms in total. The third-order valence-electron chi connectivity index (χ3n) is 4.07. The quantitative estimate of drug-likeness (QED) is 0.713. The van der Waals surface area contributed by atoms with Gasteiger partial charge in [0, 0.05) is 6.54 Å². The number of nitrogens with zero attached hydrogens (tertiary/aromatic N) is 1. The van der Waals surface area contributed by atoms with Crippen molar-refractivity contribution in [2.45, 2.75) is 39.0 Å². The molecule has 1 aliphatic carbocycles. The lowest BCUT2D eigenvalue weighted by molar-refractivity contribution is 0.279. The second-order valence-corrected chi connectivity index (χ2v) is 5.92. The van der Waals surface area contributed by atoms with Crippen LogP contribution < -0.4 is 5.32 Å². The normalized spacial score (nSPS) is 27.5. The lowest BCUT2D eigenvalue weighted by Gasteiger charge is -2.22. The van der Waals surface area contributed by atoms with Gasteiger partial charge in [0.2, 0.25) is 0 Å². The van der Waals surface area contributed by atoms with Gasteiger partial charge in [-0.3, -0.25) is 0 Å². The third kappa shape index (κ3) is 4.81. The zero-order valence-corrected chi connectivity index (χ0v) is 11.3. The van der Waals surface area contributed by atoms with Gasteiger partial charge in [-0.2, -0.15) is 0 Å². The van der Waals surface area contributed by atoms with Gasteiger partial charge >= 0.3 is 0 Å². The van der Waals surface area contributed by atoms with E-state index in [1.807, 2.05) is 0 Å². The van der Waals surface area contributed by atoms with Crippen LogP contribution in [0.1, 0.15) is 39.0 Å². The van der Waals surface area contributed by atoms with E-state index in [1.165, 1.54) is 64.8 Å². The second-order valence-electron chi connectivity index (χ2n) is 5.92. The van der Waals surface area contributed by atoms with E-state index in [2.05, 4.69) is 29.3 Å². The highest BCUT2D eigenvalue weighted by Crippen LogP contribution is 2.17. The summed E-state index contributed by atoms with van der Waals surface area (Å²) in [6.07, 6.45) is 11.5. The first-order valence-electron chi connectivity index (χ1n) is 7.42. The highest BCUT2D eigenvalue weighted by atomic mass is 15.1. The molecule has 0 aromatic heterocycles. The van der Waals surface area contributed by atoms with Gasteiger partial charge in [0.25, 0.3) is 0 Å². The Kier molecular flexibility index (Phi) is 5.53. The molecular formula is C15H28N2. The third-order valence-corrected chi connectivity index (χ3v) is 4.07. The van der Waals surface area contributed by atoms with Crippen LogP contribution in [-0.4, -0.2) is 37.6 Å². The molecule has 0 spiro atoms. The maximum atomic E-state index is 3.67. The largest absolute Gasteiger partial charge is 0.316 e. The van der Waals surface area contributed by atoms with E-state index < -0.39 is 0 Å². The monoisotopic (exact) mass is 236 g/mol. The summed E-state index contributed by atoms with van der Waals surface area (Å²) in [4.78, 5) is 2.62. The van der Waals surface area contributed by atoms with Crippen molar-refractivity contribution in [2.75, 3.05) is 32.7 Å². The maximum absolute atomic E-state index is 3.67. The van der Waals surface area contributed by atoms with Gasteiger partial charge in [-0.05, 0) is 70.1 Å². The van der Waals surface area contributed by atoms with E-state index in [-0.39, 0.29) is 0 Å². The van der Waals surface area contributed by atoms with Crippen LogP contribution in [0.2, 0.25) is 0 Å². The molecule has 2 rings (SSSR count). The number of nitrogens with one attached hydrogen (secondary N) is 1. The molecule has 1 N–H and O–H groups in total. The average molecular weight is 236 g/mol. The molecule has 0 aromatic carbocycles. The number of allylic oxidation sites excluding steroid dienone is 2. The Balaban J connectivity index is 1.53. The molecule has 2 aliphatic rings. The van der Waals surface area contributed by atoms with E-state index in [0.717, 1.165) is 11.8 Å². The molecule has 0 saturated carbocycles. The first-order chi connectivity index (χ1) is 8.34. The Bertz CT molecular complexity index is 231. The standard InChI is InChI=1S/C15H28N2/c1-14(13-17-9-5-6-10-17)11-16-12-15-7-3-2-4-8-15/h2-3,14-16H,4-13H2,1H3. The summed E-state index contributed by atoms with van der Waals surface area (Å²) in [6, 6.07) is 0. The predicted octanol–water partition coefficient (Wildman–Crippen LogP) is 2.66. The number of hydrogen-bond acceptors (Lipinski definition) is 2. The topological polar surface area (TPSA) is 15.3 Å². The zero-order chi connectivity index (χ0) is 11.9. The molecule has 0 amide bonds. The van der Waals surface area contributed by atoms with Crippen LogP contribution in [0.3, 0.4) is 0 Å². The minimum absolute atomic E-state index is 0.798. The Labute approximate surface area is 106 Å². The van der Waals surface area contributed by atoms with Crippen LogP contribution in [0.25, 0.3) is 0 Å². The molecule has 0 bridgehead atoms. The maximum Gasteiger partial charge on any atom is 0.00191 e. The fourth-order valence-electron chi connectivity index (χ4n) is 3.05. The van der Waals surface area contributed by atoms with E-state index in [4.69, 9.17) is 0 Å². The summed E-state index contributed by atoms with van der Waals surface area (Å²) in [5, 5.41) is 3.67. The molecular weight excluding hydrogens is 208 g/mol. The second kappa shape index (κ2) is 7.17. The van der Waals surface area contributed by atoms with E-state index >= 15 is 0 Å². The van der Waals surface area contributed by atoms with Gasteiger partial charge in [-0.25, -0.2) is 0 Å². The molecule has 17 heavy (non-hydrogen) atoms. The predicted molar refractivity (Wildman–Crippen MR) is 74.2 cm³/mol. The van der Waals surface area contributed by atoms with E-state index in [0.29, 0.717) is 0 Å². The smallest absolute Gasteiger partial charge is 0.00191 e. The fourth-order valence-corrected chi connectivity index (χ4v) is 3.05. The molecule has 1 saturated heterocycles. The molecule has 2 atom stereocenters. The first-order valence-corrected chi connectivity index (χ1v) is 7.42. The highest BCUT2D eigenvalue weighted by Gasteiger charge is 2.15. The average Bonchev–Trinajstić information content (AvgIpc) is 2.83. The fraction of sp³-hybridized carbons (Fsp3) is 0.867. The summed E-state index contributed by atoms with van der Waals surface area (Å²) in [5.41, 5.74) is 0. The van der Waals surface area contributed by atoms with Crippen molar-refractivity contribution in [3.63, 3.8) is 0 Å². The van der Waals surface area contributed by atoms with Crippen molar-refractivity contribution in [1.29, 1.82) is 0 Å². The molecule has 2 heteroatoms. The minimum atomic E-state index is 0.798. The van der Waals surface area contributed by atoms with Gasteiger partial charge in [0.1, 0.15) is 0 Å². The molecule has 1 heterocycles. The number of likely N-dealkylation sites (tertiary alicyclic amines) is 1. The van der Waals surface area contributed by atoms with Crippen molar-refractivity contribution in [3.05, 3.63) is 12.2 Å². The molecule has 0 radical (unpaired) electrons. The molecule has 1 aliphatic heterocycles. The lowest BCUT2D eigenvalue weighted by atomic mass is 9.94. The Morgan fingerprint density at radius 3 is 2.82 bits per heavy atom. The summed E-state index contributed by atoms with van der Waals surface area (Å²) in [6.45, 7) is 8.74. The van der Waals surface area contributed by atoms with Crippen LogP contribution in [0.5, 0.6) is 0 Å². The van der Waals surface area contributed by atoms with Crippen molar-refractivity contribution >= 4 is 0 Å². The SMILES string of the molecule is CC(CNCC1CC=CCC1)CN1CCCC1. The summed E-state index contributed by atoms with van der Waals surface area (Å²) in [5.74, 6) is 1.69. The van der Waals surface area contributed by atoms with Gasteiger partial charge in [-0.15, -0.1) is 0 Å². The van der Waals surface area contributed by atoms with E-state index in [9.17, 15) is 0 Å². The Hall–Kier alpha value is -0.340. The van der Waals surface area contributed by atoms with Crippen LogP contribution in [0, 0.1) is 11.8 Å². The summed E-state index contributed by atoms with van der Waals surface area (Å²) < 4.78 is 0. The molecule has 1 fully saturated rings. The first kappa shape index (κ1) is 13.1. The van der Waals surface area contributed by atoms with Crippen LogP contribution in [0.4, 0.5) is 0 Å². The van der Waals surface area contributed by atoms with Gasteiger partial charge in [0.05, 0.1) is 0 Å². The van der Waals surface area contributed by atoms with Crippen molar-refractivity contribution < 1.29 is 0 Å². The van der Waals surface area contributed by atoms with Crippen LogP contribution in [-0.2, 0) is 0 Å². The van der Waals surface area contributed by atoms with E-state index in [1.54, 1.807) is 0 Å². The number of rotatable bonds is 6.